The highest BCUT2D eigenvalue weighted by molar-refractivity contribution is 5.69. The van der Waals surface area contributed by atoms with Gasteiger partial charge in [-0.1, -0.05) is 84.0 Å². The normalized spacial score (nSPS) is 27.1. The van der Waals surface area contributed by atoms with E-state index in [1.807, 2.05) is 0 Å². The van der Waals surface area contributed by atoms with Crippen LogP contribution in [0.25, 0.3) is 0 Å². The molecule has 0 bridgehead atoms. The van der Waals surface area contributed by atoms with Crippen molar-refractivity contribution in [1.29, 1.82) is 0 Å². The van der Waals surface area contributed by atoms with Crippen LogP contribution in [-0.2, 0) is 14.3 Å². The smallest absolute Gasteiger partial charge is 0.306 e. The number of ether oxygens (including phenoxy) is 2. The van der Waals surface area contributed by atoms with Gasteiger partial charge in [0.05, 0.1) is 6.61 Å². The van der Waals surface area contributed by atoms with Crippen LogP contribution in [0.15, 0.2) is 0 Å². The minimum absolute atomic E-state index is 0.202. The van der Waals surface area contributed by atoms with E-state index in [2.05, 4.69) is 6.92 Å². The van der Waals surface area contributed by atoms with Gasteiger partial charge in [-0.25, -0.2) is 0 Å². The standard InChI is InChI=1S/C22H42O7/c1-2-3-4-5-6-7-8-9-10-11-12-13-14-15-18(24)29-21-20(26)19(25)17(16-23)28-22(21)27/h17,19-23,25-27H,2-16H2,1H3/t17-,19-,20+,21-,22+/m1/s1. The van der Waals surface area contributed by atoms with Crippen molar-refractivity contribution in [3.8, 4) is 0 Å². The van der Waals surface area contributed by atoms with Gasteiger partial charge in [0, 0.05) is 6.42 Å². The molecule has 1 aliphatic heterocycles. The zero-order chi connectivity index (χ0) is 21.5. The largest absolute Gasteiger partial charge is 0.454 e. The molecule has 7 heteroatoms. The summed E-state index contributed by atoms with van der Waals surface area (Å²) in [4.78, 5) is 11.9. The van der Waals surface area contributed by atoms with Gasteiger partial charge < -0.3 is 29.9 Å². The predicted molar refractivity (Wildman–Crippen MR) is 110 cm³/mol. The fourth-order valence-corrected chi connectivity index (χ4v) is 3.70. The number of carbonyl (C=O) groups excluding carboxylic acids is 1. The molecule has 29 heavy (non-hydrogen) atoms. The maximum Gasteiger partial charge on any atom is 0.306 e. The molecule has 0 aromatic rings. The second kappa shape index (κ2) is 16.0. The van der Waals surface area contributed by atoms with E-state index < -0.39 is 43.3 Å². The van der Waals surface area contributed by atoms with E-state index in [1.165, 1.54) is 64.2 Å². The summed E-state index contributed by atoms with van der Waals surface area (Å²) in [6, 6.07) is 0. The molecule has 1 heterocycles. The molecule has 0 unspecified atom stereocenters. The highest BCUT2D eigenvalue weighted by Crippen LogP contribution is 2.23. The van der Waals surface area contributed by atoms with Crippen LogP contribution in [0.5, 0.6) is 0 Å². The molecule has 1 fully saturated rings. The molecule has 0 spiro atoms. The first-order valence-electron chi connectivity index (χ1n) is 11.5. The monoisotopic (exact) mass is 418 g/mol. The van der Waals surface area contributed by atoms with Crippen LogP contribution in [0.1, 0.15) is 96.8 Å². The summed E-state index contributed by atoms with van der Waals surface area (Å²) >= 11 is 0. The molecule has 0 aromatic carbocycles. The first-order chi connectivity index (χ1) is 14.0. The van der Waals surface area contributed by atoms with Gasteiger partial charge in [-0.15, -0.1) is 0 Å². The van der Waals surface area contributed by atoms with Crippen molar-refractivity contribution in [3.63, 3.8) is 0 Å². The molecular formula is C22H42O7. The Morgan fingerprint density at radius 1 is 0.793 bits per heavy atom. The van der Waals surface area contributed by atoms with Crippen LogP contribution in [0.3, 0.4) is 0 Å². The molecule has 0 aromatic heterocycles. The molecule has 172 valence electrons. The SMILES string of the molecule is CCCCCCCCCCCCCCCC(=O)O[C@@H]1[C@@H](O)[C@H](O)[C@@H](CO)O[C@@H]1O. The van der Waals surface area contributed by atoms with Crippen molar-refractivity contribution >= 4 is 5.97 Å². The van der Waals surface area contributed by atoms with E-state index in [-0.39, 0.29) is 6.42 Å². The Hall–Kier alpha value is -0.730. The van der Waals surface area contributed by atoms with E-state index in [1.54, 1.807) is 0 Å². The van der Waals surface area contributed by atoms with E-state index in [4.69, 9.17) is 14.6 Å². The van der Waals surface area contributed by atoms with Crippen LogP contribution in [0, 0.1) is 0 Å². The quantitative estimate of drug-likeness (QED) is 0.225. The van der Waals surface area contributed by atoms with Gasteiger partial charge in [-0.3, -0.25) is 4.79 Å². The van der Waals surface area contributed by atoms with Gasteiger partial charge in [-0.05, 0) is 6.42 Å². The molecule has 5 atom stereocenters. The maximum absolute atomic E-state index is 11.9. The molecule has 4 N–H and O–H groups in total. The minimum atomic E-state index is -1.57. The maximum atomic E-state index is 11.9. The number of unbranched alkanes of at least 4 members (excludes halogenated alkanes) is 12. The van der Waals surface area contributed by atoms with Crippen molar-refractivity contribution < 1.29 is 34.7 Å². The van der Waals surface area contributed by atoms with E-state index in [0.717, 1.165) is 12.8 Å². The molecule has 0 saturated carbocycles. The fourth-order valence-electron chi connectivity index (χ4n) is 3.70. The number of hydrogen-bond donors (Lipinski definition) is 4. The molecule has 1 rings (SSSR count). The molecule has 0 amide bonds. The lowest BCUT2D eigenvalue weighted by Gasteiger charge is -2.39. The summed E-state index contributed by atoms with van der Waals surface area (Å²) in [5.41, 5.74) is 0. The highest BCUT2D eigenvalue weighted by Gasteiger charge is 2.45. The van der Waals surface area contributed by atoms with Crippen molar-refractivity contribution in [1.82, 2.24) is 0 Å². The van der Waals surface area contributed by atoms with Crippen LogP contribution in [0.2, 0.25) is 0 Å². The summed E-state index contributed by atoms with van der Waals surface area (Å²) in [6.45, 7) is 1.69. The number of carbonyl (C=O) groups is 1. The van der Waals surface area contributed by atoms with E-state index in [0.29, 0.717) is 6.42 Å². The summed E-state index contributed by atoms with van der Waals surface area (Å²) < 4.78 is 10.1. The van der Waals surface area contributed by atoms with Gasteiger partial charge in [0.1, 0.15) is 18.3 Å². The molecule has 1 saturated heterocycles. The first-order valence-corrected chi connectivity index (χ1v) is 11.5. The average molecular weight is 419 g/mol. The van der Waals surface area contributed by atoms with Crippen molar-refractivity contribution in [2.24, 2.45) is 0 Å². The minimum Gasteiger partial charge on any atom is -0.454 e. The summed E-state index contributed by atoms with van der Waals surface area (Å²) in [5.74, 6) is -0.533. The van der Waals surface area contributed by atoms with Crippen LogP contribution in [0.4, 0.5) is 0 Å². The van der Waals surface area contributed by atoms with Crippen LogP contribution >= 0.6 is 0 Å². The van der Waals surface area contributed by atoms with Gasteiger partial charge >= 0.3 is 5.97 Å². The predicted octanol–water partition coefficient (Wildman–Crippen LogP) is 2.81. The number of hydrogen-bond acceptors (Lipinski definition) is 7. The number of aliphatic hydroxyl groups is 4. The molecule has 1 aliphatic rings. The molecule has 7 nitrogen and oxygen atoms in total. The number of rotatable bonds is 16. The molecule has 0 radical (unpaired) electrons. The fraction of sp³-hybridized carbons (Fsp3) is 0.955. The summed E-state index contributed by atoms with van der Waals surface area (Å²) in [7, 11) is 0. The molecule has 0 aliphatic carbocycles. The lowest BCUT2D eigenvalue weighted by molar-refractivity contribution is -0.290. The second-order valence-electron chi connectivity index (χ2n) is 8.18. The Balaban J connectivity index is 2.00. The van der Waals surface area contributed by atoms with Crippen LogP contribution < -0.4 is 0 Å². The van der Waals surface area contributed by atoms with Gasteiger partial charge in [0.25, 0.3) is 0 Å². The van der Waals surface area contributed by atoms with Gasteiger partial charge in [0.2, 0.25) is 0 Å². The average Bonchev–Trinajstić information content (AvgIpc) is 2.71. The Labute approximate surface area is 175 Å². The second-order valence-corrected chi connectivity index (χ2v) is 8.18. The van der Waals surface area contributed by atoms with Crippen LogP contribution in [-0.4, -0.2) is 63.7 Å². The lowest BCUT2D eigenvalue weighted by Crippen LogP contribution is -2.59. The van der Waals surface area contributed by atoms with Crippen molar-refractivity contribution in [3.05, 3.63) is 0 Å². The lowest BCUT2D eigenvalue weighted by atomic mass is 9.99. The van der Waals surface area contributed by atoms with Gasteiger partial charge in [-0.2, -0.15) is 0 Å². The first kappa shape index (κ1) is 26.3. The van der Waals surface area contributed by atoms with E-state index in [9.17, 15) is 20.1 Å². The Morgan fingerprint density at radius 2 is 1.28 bits per heavy atom. The molecular weight excluding hydrogens is 376 g/mol. The van der Waals surface area contributed by atoms with Crippen molar-refractivity contribution in [2.45, 2.75) is 128 Å². The number of esters is 1. The number of aliphatic hydroxyl groups excluding tert-OH is 4. The summed E-state index contributed by atoms with van der Waals surface area (Å²) in [6.07, 6.45) is 9.08. The zero-order valence-corrected chi connectivity index (χ0v) is 18.0. The topological polar surface area (TPSA) is 116 Å². The highest BCUT2D eigenvalue weighted by atomic mass is 16.7. The van der Waals surface area contributed by atoms with E-state index >= 15 is 0 Å². The Bertz CT molecular complexity index is 418. The Kier molecular flexibility index (Phi) is 14.5. The third-order valence-corrected chi connectivity index (χ3v) is 5.59. The third-order valence-electron chi connectivity index (χ3n) is 5.59. The van der Waals surface area contributed by atoms with Gasteiger partial charge in [0.15, 0.2) is 12.4 Å². The summed E-state index contributed by atoms with van der Waals surface area (Å²) in [5, 5.41) is 38.6. The Morgan fingerprint density at radius 3 is 1.76 bits per heavy atom. The third kappa shape index (κ3) is 10.7. The van der Waals surface area contributed by atoms with Crippen molar-refractivity contribution in [2.75, 3.05) is 6.61 Å². The zero-order valence-electron chi connectivity index (χ0n) is 18.0.